The van der Waals surface area contributed by atoms with Gasteiger partial charge < -0.3 is 19.7 Å². The molecule has 27 heavy (non-hydrogen) atoms. The Bertz CT molecular complexity index is 900. The third-order valence-corrected chi connectivity index (χ3v) is 4.93. The molecule has 2 heterocycles. The van der Waals surface area contributed by atoms with E-state index in [2.05, 4.69) is 5.32 Å². The monoisotopic (exact) mass is 386 g/mol. The number of rotatable bonds is 4. The Labute approximate surface area is 162 Å². The van der Waals surface area contributed by atoms with Crippen LogP contribution in [-0.2, 0) is 11.3 Å². The quantitative estimate of drug-likeness (QED) is 0.873. The van der Waals surface area contributed by atoms with Crippen molar-refractivity contribution >= 4 is 29.1 Å². The predicted octanol–water partition coefficient (Wildman–Crippen LogP) is 3.49. The van der Waals surface area contributed by atoms with Crippen LogP contribution in [0.5, 0.6) is 11.5 Å². The van der Waals surface area contributed by atoms with Gasteiger partial charge in [-0.25, -0.2) is 0 Å². The highest BCUT2D eigenvalue weighted by Crippen LogP contribution is 2.38. The van der Waals surface area contributed by atoms with Crippen LogP contribution in [0, 0.1) is 0 Å². The SMILES string of the molecule is O=C(Nc1cc2c(cc1Cl)OCCO2)c1cccc(CN2CCCC2=O)c1. The summed E-state index contributed by atoms with van der Waals surface area (Å²) in [5.41, 5.74) is 1.89. The summed E-state index contributed by atoms with van der Waals surface area (Å²) in [6.45, 7) is 2.22. The molecule has 2 aromatic rings. The third kappa shape index (κ3) is 3.85. The average Bonchev–Trinajstić information content (AvgIpc) is 3.07. The minimum Gasteiger partial charge on any atom is -0.486 e. The summed E-state index contributed by atoms with van der Waals surface area (Å²) in [6, 6.07) is 10.6. The fourth-order valence-electron chi connectivity index (χ4n) is 3.26. The average molecular weight is 387 g/mol. The molecule has 0 aromatic heterocycles. The van der Waals surface area contributed by atoms with Crippen LogP contribution >= 0.6 is 11.6 Å². The minimum atomic E-state index is -0.275. The lowest BCUT2D eigenvalue weighted by molar-refractivity contribution is -0.128. The molecule has 0 bridgehead atoms. The minimum absolute atomic E-state index is 0.160. The van der Waals surface area contributed by atoms with Crippen LogP contribution in [0.2, 0.25) is 5.02 Å². The topological polar surface area (TPSA) is 67.9 Å². The zero-order chi connectivity index (χ0) is 18.8. The number of anilines is 1. The maximum Gasteiger partial charge on any atom is 0.255 e. The molecule has 4 rings (SSSR count). The highest BCUT2D eigenvalue weighted by molar-refractivity contribution is 6.34. The molecule has 140 valence electrons. The van der Waals surface area contributed by atoms with Crippen molar-refractivity contribution in [3.63, 3.8) is 0 Å². The van der Waals surface area contributed by atoms with Gasteiger partial charge in [-0.15, -0.1) is 0 Å². The number of benzene rings is 2. The molecule has 1 saturated heterocycles. The van der Waals surface area contributed by atoms with Crippen molar-refractivity contribution in [1.82, 2.24) is 4.90 Å². The number of carbonyl (C=O) groups is 2. The van der Waals surface area contributed by atoms with Crippen molar-refractivity contribution in [2.24, 2.45) is 0 Å². The van der Waals surface area contributed by atoms with Gasteiger partial charge >= 0.3 is 0 Å². The Balaban J connectivity index is 1.50. The lowest BCUT2D eigenvalue weighted by Gasteiger charge is -2.20. The fourth-order valence-corrected chi connectivity index (χ4v) is 3.46. The van der Waals surface area contributed by atoms with E-state index in [1.54, 1.807) is 24.3 Å². The first-order valence-electron chi connectivity index (χ1n) is 8.87. The standard InChI is InChI=1S/C20H19ClN2O4/c21-15-10-17-18(27-8-7-26-17)11-16(15)22-20(25)14-4-1-3-13(9-14)12-23-6-2-5-19(23)24/h1,3-4,9-11H,2,5-8,12H2,(H,22,25). The van der Waals surface area contributed by atoms with E-state index >= 15 is 0 Å². The van der Waals surface area contributed by atoms with Gasteiger partial charge in [0.05, 0.1) is 10.7 Å². The van der Waals surface area contributed by atoms with Crippen LogP contribution in [0.4, 0.5) is 5.69 Å². The largest absolute Gasteiger partial charge is 0.486 e. The molecule has 0 aliphatic carbocycles. The lowest BCUT2D eigenvalue weighted by Crippen LogP contribution is -2.24. The Kier molecular flexibility index (Phi) is 4.90. The van der Waals surface area contributed by atoms with Crippen molar-refractivity contribution < 1.29 is 19.1 Å². The van der Waals surface area contributed by atoms with Crippen LogP contribution < -0.4 is 14.8 Å². The van der Waals surface area contributed by atoms with Gasteiger partial charge in [-0.1, -0.05) is 23.7 Å². The first-order valence-corrected chi connectivity index (χ1v) is 9.25. The molecule has 1 N–H and O–H groups in total. The van der Waals surface area contributed by atoms with E-state index in [1.807, 2.05) is 17.0 Å². The zero-order valence-corrected chi connectivity index (χ0v) is 15.4. The predicted molar refractivity (Wildman–Crippen MR) is 101 cm³/mol. The Hall–Kier alpha value is -2.73. The van der Waals surface area contributed by atoms with Crippen LogP contribution in [0.25, 0.3) is 0 Å². The Morgan fingerprint density at radius 2 is 1.93 bits per heavy atom. The van der Waals surface area contributed by atoms with Crippen molar-refractivity contribution in [2.75, 3.05) is 25.1 Å². The maximum atomic E-state index is 12.7. The first kappa shape index (κ1) is 17.7. The maximum absolute atomic E-state index is 12.7. The highest BCUT2D eigenvalue weighted by atomic mass is 35.5. The summed E-state index contributed by atoms with van der Waals surface area (Å²) in [4.78, 5) is 26.3. The number of nitrogens with zero attached hydrogens (tertiary/aromatic N) is 1. The van der Waals surface area contributed by atoms with E-state index in [4.69, 9.17) is 21.1 Å². The van der Waals surface area contributed by atoms with Gasteiger partial charge in [-0.2, -0.15) is 0 Å². The summed E-state index contributed by atoms with van der Waals surface area (Å²) in [5.74, 6) is 1.01. The number of nitrogens with one attached hydrogen (secondary N) is 1. The number of carbonyl (C=O) groups excluding carboxylic acids is 2. The molecule has 0 spiro atoms. The van der Waals surface area contributed by atoms with Gasteiger partial charge in [0.25, 0.3) is 5.91 Å². The van der Waals surface area contributed by atoms with Crippen molar-refractivity contribution in [2.45, 2.75) is 19.4 Å². The third-order valence-electron chi connectivity index (χ3n) is 4.61. The molecule has 7 heteroatoms. The molecule has 2 aliphatic heterocycles. The number of fused-ring (bicyclic) bond motifs is 1. The van der Waals surface area contributed by atoms with Crippen LogP contribution in [0.15, 0.2) is 36.4 Å². The summed E-state index contributed by atoms with van der Waals surface area (Å²) >= 11 is 6.26. The molecule has 2 amide bonds. The van der Waals surface area contributed by atoms with Gasteiger partial charge in [0.2, 0.25) is 5.91 Å². The number of hydrogen-bond acceptors (Lipinski definition) is 4. The van der Waals surface area contributed by atoms with E-state index in [0.717, 1.165) is 18.5 Å². The number of hydrogen-bond donors (Lipinski definition) is 1. The second-order valence-electron chi connectivity index (χ2n) is 6.55. The molecule has 0 radical (unpaired) electrons. The molecule has 2 aromatic carbocycles. The second-order valence-corrected chi connectivity index (χ2v) is 6.96. The fraction of sp³-hybridized carbons (Fsp3) is 0.300. The first-order chi connectivity index (χ1) is 13.1. The Morgan fingerprint density at radius 3 is 2.67 bits per heavy atom. The molecule has 6 nitrogen and oxygen atoms in total. The molecular formula is C20H19ClN2O4. The van der Waals surface area contributed by atoms with Gasteiger partial charge in [-0.05, 0) is 24.1 Å². The van der Waals surface area contributed by atoms with Crippen LogP contribution in [0.1, 0.15) is 28.8 Å². The number of likely N-dealkylation sites (tertiary alicyclic amines) is 1. The highest BCUT2D eigenvalue weighted by Gasteiger charge is 2.21. The molecule has 1 fully saturated rings. The number of halogens is 1. The van der Waals surface area contributed by atoms with Gasteiger partial charge in [0.15, 0.2) is 11.5 Å². The number of amides is 2. The van der Waals surface area contributed by atoms with E-state index in [-0.39, 0.29) is 11.8 Å². The smallest absolute Gasteiger partial charge is 0.255 e. The van der Waals surface area contributed by atoms with Gasteiger partial charge in [0.1, 0.15) is 13.2 Å². The normalized spacial score (nSPS) is 15.7. The second kappa shape index (κ2) is 7.48. The van der Waals surface area contributed by atoms with Crippen molar-refractivity contribution in [3.8, 4) is 11.5 Å². The zero-order valence-electron chi connectivity index (χ0n) is 14.7. The van der Waals surface area contributed by atoms with Crippen LogP contribution in [-0.4, -0.2) is 36.5 Å². The molecule has 2 aliphatic rings. The van der Waals surface area contributed by atoms with E-state index < -0.39 is 0 Å². The summed E-state index contributed by atoms with van der Waals surface area (Å²) in [5, 5.41) is 3.20. The molecular weight excluding hydrogens is 368 g/mol. The molecule has 0 unspecified atom stereocenters. The lowest BCUT2D eigenvalue weighted by atomic mass is 10.1. The van der Waals surface area contributed by atoms with Crippen LogP contribution in [0.3, 0.4) is 0 Å². The molecule has 0 saturated carbocycles. The summed E-state index contributed by atoms with van der Waals surface area (Å²) in [6.07, 6.45) is 1.49. The summed E-state index contributed by atoms with van der Waals surface area (Å²) in [7, 11) is 0. The van der Waals surface area contributed by atoms with E-state index in [0.29, 0.717) is 54.0 Å². The van der Waals surface area contributed by atoms with Crippen molar-refractivity contribution in [3.05, 3.63) is 52.5 Å². The van der Waals surface area contributed by atoms with Gasteiger partial charge in [-0.3, -0.25) is 9.59 Å². The molecule has 0 atom stereocenters. The van der Waals surface area contributed by atoms with Gasteiger partial charge in [0, 0.05) is 37.2 Å². The number of ether oxygens (including phenoxy) is 2. The van der Waals surface area contributed by atoms with E-state index in [1.165, 1.54) is 0 Å². The van der Waals surface area contributed by atoms with Crippen molar-refractivity contribution in [1.29, 1.82) is 0 Å². The van der Waals surface area contributed by atoms with E-state index in [9.17, 15) is 9.59 Å². The summed E-state index contributed by atoms with van der Waals surface area (Å²) < 4.78 is 11.0. The Morgan fingerprint density at radius 1 is 1.15 bits per heavy atom.